The van der Waals surface area contributed by atoms with E-state index >= 15 is 0 Å². The van der Waals surface area contributed by atoms with E-state index in [-0.39, 0.29) is 24.0 Å². The highest BCUT2D eigenvalue weighted by molar-refractivity contribution is 5.82. The van der Waals surface area contributed by atoms with Crippen molar-refractivity contribution in [2.75, 3.05) is 19.7 Å². The van der Waals surface area contributed by atoms with Crippen LogP contribution >= 0.6 is 0 Å². The van der Waals surface area contributed by atoms with Crippen molar-refractivity contribution in [2.45, 2.75) is 45.8 Å². The van der Waals surface area contributed by atoms with Gasteiger partial charge in [0, 0.05) is 32.8 Å². The number of carbonyl (C=O) groups is 2. The average molecular weight is 356 g/mol. The molecule has 1 aromatic carbocycles. The standard InChI is InChI=1S/C21H28N2O3/c1-15(2)14-26-18-9-10-22(13-18)21(25)12-20-19-7-5-4-6-17(19)8-11-23(20)16(3)24/h4-8,11,15,18,20H,9-10,12-14H2,1-3H3. The Bertz CT molecular complexity index is 698. The number of ether oxygens (including phenoxy) is 1. The molecular weight excluding hydrogens is 328 g/mol. The second-order valence-electron chi connectivity index (χ2n) is 7.57. The van der Waals surface area contributed by atoms with Crippen LogP contribution in [0.2, 0.25) is 0 Å². The van der Waals surface area contributed by atoms with E-state index in [4.69, 9.17) is 4.74 Å². The van der Waals surface area contributed by atoms with Crippen LogP contribution in [0.25, 0.3) is 6.08 Å². The van der Waals surface area contributed by atoms with Crippen LogP contribution in [0.5, 0.6) is 0 Å². The van der Waals surface area contributed by atoms with E-state index in [9.17, 15) is 9.59 Å². The maximum Gasteiger partial charge on any atom is 0.225 e. The normalized spacial score (nSPS) is 22.0. The first-order chi connectivity index (χ1) is 12.5. The average Bonchev–Trinajstić information content (AvgIpc) is 3.09. The summed E-state index contributed by atoms with van der Waals surface area (Å²) >= 11 is 0. The fraction of sp³-hybridized carbons (Fsp3) is 0.524. The minimum atomic E-state index is -0.239. The highest BCUT2D eigenvalue weighted by Gasteiger charge is 2.32. The molecule has 2 aliphatic heterocycles. The van der Waals surface area contributed by atoms with Crippen LogP contribution in [-0.4, -0.2) is 47.4 Å². The molecule has 1 fully saturated rings. The molecule has 26 heavy (non-hydrogen) atoms. The first-order valence-corrected chi connectivity index (χ1v) is 9.41. The van der Waals surface area contributed by atoms with Crippen molar-refractivity contribution in [2.24, 2.45) is 5.92 Å². The lowest BCUT2D eigenvalue weighted by molar-refractivity contribution is -0.134. The number of hydrogen-bond acceptors (Lipinski definition) is 3. The molecule has 0 aromatic heterocycles. The summed E-state index contributed by atoms with van der Waals surface area (Å²) in [6.07, 6.45) is 5.04. The van der Waals surface area contributed by atoms with Crippen molar-refractivity contribution >= 4 is 17.9 Å². The van der Waals surface area contributed by atoms with Gasteiger partial charge in [-0.05, 0) is 29.5 Å². The Morgan fingerprint density at radius 2 is 2.04 bits per heavy atom. The van der Waals surface area contributed by atoms with Crippen molar-refractivity contribution in [1.82, 2.24) is 9.80 Å². The van der Waals surface area contributed by atoms with Crippen molar-refractivity contribution in [3.8, 4) is 0 Å². The third-order valence-corrected chi connectivity index (χ3v) is 5.00. The molecule has 2 heterocycles. The van der Waals surface area contributed by atoms with Gasteiger partial charge in [-0.3, -0.25) is 9.59 Å². The van der Waals surface area contributed by atoms with Crippen LogP contribution in [0, 0.1) is 5.92 Å². The van der Waals surface area contributed by atoms with Gasteiger partial charge in [0.1, 0.15) is 0 Å². The molecule has 1 saturated heterocycles. The molecule has 140 valence electrons. The smallest absolute Gasteiger partial charge is 0.225 e. The van der Waals surface area contributed by atoms with Crippen molar-refractivity contribution in [3.05, 3.63) is 41.6 Å². The maximum absolute atomic E-state index is 12.9. The number of likely N-dealkylation sites (tertiary alicyclic amines) is 1. The molecule has 2 unspecified atom stereocenters. The number of carbonyl (C=O) groups excluding carboxylic acids is 2. The lowest BCUT2D eigenvalue weighted by Crippen LogP contribution is -2.37. The molecule has 0 spiro atoms. The van der Waals surface area contributed by atoms with Gasteiger partial charge in [-0.15, -0.1) is 0 Å². The molecule has 5 heteroatoms. The van der Waals surface area contributed by atoms with E-state index in [0.29, 0.717) is 18.9 Å². The van der Waals surface area contributed by atoms with E-state index in [1.165, 1.54) is 0 Å². The number of amides is 2. The molecule has 0 radical (unpaired) electrons. The van der Waals surface area contributed by atoms with Gasteiger partial charge in [-0.2, -0.15) is 0 Å². The van der Waals surface area contributed by atoms with Gasteiger partial charge in [-0.25, -0.2) is 0 Å². The fourth-order valence-electron chi connectivity index (χ4n) is 3.63. The van der Waals surface area contributed by atoms with Gasteiger partial charge >= 0.3 is 0 Å². The number of fused-ring (bicyclic) bond motifs is 1. The van der Waals surface area contributed by atoms with Crippen molar-refractivity contribution in [1.29, 1.82) is 0 Å². The molecule has 1 aromatic rings. The SMILES string of the molecule is CC(=O)N1C=Cc2ccccc2C1CC(=O)N1CCC(OCC(C)C)C1. The fourth-order valence-corrected chi connectivity index (χ4v) is 3.63. The lowest BCUT2D eigenvalue weighted by atomic mass is 9.93. The summed E-state index contributed by atoms with van der Waals surface area (Å²) in [6.45, 7) is 7.90. The van der Waals surface area contributed by atoms with E-state index < -0.39 is 0 Å². The molecule has 2 amide bonds. The molecule has 0 N–H and O–H groups in total. The van der Waals surface area contributed by atoms with Gasteiger partial charge in [0.15, 0.2) is 0 Å². The summed E-state index contributed by atoms with van der Waals surface area (Å²) in [5, 5.41) is 0. The van der Waals surface area contributed by atoms with Crippen molar-refractivity contribution < 1.29 is 14.3 Å². The van der Waals surface area contributed by atoms with Crippen LogP contribution in [-0.2, 0) is 14.3 Å². The predicted molar refractivity (Wildman–Crippen MR) is 101 cm³/mol. The van der Waals surface area contributed by atoms with E-state index in [1.54, 1.807) is 18.0 Å². The van der Waals surface area contributed by atoms with Gasteiger partial charge in [-0.1, -0.05) is 38.1 Å². The second kappa shape index (κ2) is 8.04. The molecule has 5 nitrogen and oxygen atoms in total. The number of rotatable bonds is 5. The molecule has 3 rings (SSSR count). The highest BCUT2D eigenvalue weighted by Crippen LogP contribution is 2.33. The zero-order valence-corrected chi connectivity index (χ0v) is 15.9. The number of hydrogen-bond donors (Lipinski definition) is 0. The third-order valence-electron chi connectivity index (χ3n) is 5.00. The van der Waals surface area contributed by atoms with Crippen LogP contribution in [0.3, 0.4) is 0 Å². The third kappa shape index (κ3) is 4.15. The Balaban J connectivity index is 1.67. The topological polar surface area (TPSA) is 49.9 Å². The Hall–Kier alpha value is -2.14. The second-order valence-corrected chi connectivity index (χ2v) is 7.57. The van der Waals surface area contributed by atoms with Crippen LogP contribution in [0.1, 0.15) is 50.8 Å². The lowest BCUT2D eigenvalue weighted by Gasteiger charge is -2.33. The Kier molecular flexibility index (Phi) is 5.77. The van der Waals surface area contributed by atoms with E-state index in [1.807, 2.05) is 35.2 Å². The Morgan fingerprint density at radius 3 is 2.77 bits per heavy atom. The summed E-state index contributed by atoms with van der Waals surface area (Å²) in [5.41, 5.74) is 2.10. The molecular formula is C21H28N2O3. The first-order valence-electron chi connectivity index (χ1n) is 9.41. The maximum atomic E-state index is 12.9. The molecule has 0 bridgehead atoms. The van der Waals surface area contributed by atoms with Crippen molar-refractivity contribution in [3.63, 3.8) is 0 Å². The summed E-state index contributed by atoms with van der Waals surface area (Å²) < 4.78 is 5.88. The van der Waals surface area contributed by atoms with Gasteiger partial charge in [0.05, 0.1) is 18.6 Å². The van der Waals surface area contributed by atoms with Gasteiger partial charge in [0.2, 0.25) is 11.8 Å². The summed E-state index contributed by atoms with van der Waals surface area (Å²) in [6, 6.07) is 7.72. The zero-order chi connectivity index (χ0) is 18.7. The van der Waals surface area contributed by atoms with Crippen LogP contribution in [0.4, 0.5) is 0 Å². The molecule has 0 saturated carbocycles. The van der Waals surface area contributed by atoms with Crippen LogP contribution in [0.15, 0.2) is 30.5 Å². The summed E-state index contributed by atoms with van der Waals surface area (Å²) in [4.78, 5) is 28.5. The van der Waals surface area contributed by atoms with Crippen LogP contribution < -0.4 is 0 Å². The minimum absolute atomic E-state index is 0.0480. The summed E-state index contributed by atoms with van der Waals surface area (Å²) in [7, 11) is 0. The Morgan fingerprint density at radius 1 is 1.27 bits per heavy atom. The number of benzene rings is 1. The quantitative estimate of drug-likeness (QED) is 0.814. The molecule has 2 atom stereocenters. The van der Waals surface area contributed by atoms with E-state index in [0.717, 1.165) is 30.7 Å². The highest BCUT2D eigenvalue weighted by atomic mass is 16.5. The summed E-state index contributed by atoms with van der Waals surface area (Å²) in [5.74, 6) is 0.532. The minimum Gasteiger partial charge on any atom is -0.376 e. The largest absolute Gasteiger partial charge is 0.376 e. The van der Waals surface area contributed by atoms with E-state index in [2.05, 4.69) is 13.8 Å². The zero-order valence-electron chi connectivity index (χ0n) is 15.9. The predicted octanol–water partition coefficient (Wildman–Crippen LogP) is 3.22. The first kappa shape index (κ1) is 18.6. The number of nitrogens with zero attached hydrogens (tertiary/aromatic N) is 2. The van der Waals surface area contributed by atoms with Gasteiger partial charge < -0.3 is 14.5 Å². The molecule has 0 aliphatic carbocycles. The van der Waals surface area contributed by atoms with Gasteiger partial charge in [0.25, 0.3) is 0 Å². The monoisotopic (exact) mass is 356 g/mol. The Labute approximate surface area is 155 Å². The molecule has 2 aliphatic rings.